The molecule has 2 fully saturated rings. The highest BCUT2D eigenvalue weighted by Crippen LogP contribution is 2.64. The number of rotatable bonds is 1. The summed E-state index contributed by atoms with van der Waals surface area (Å²) in [6.07, 6.45) is 12.1. The smallest absolute Gasteiger partial charge is 0.130 e. The van der Waals surface area contributed by atoms with Crippen molar-refractivity contribution in [3.63, 3.8) is 0 Å². The van der Waals surface area contributed by atoms with Crippen LogP contribution in [0.3, 0.4) is 0 Å². The minimum Gasteiger partial charge on any atom is -0.497 e. The molecule has 122 valence electrons. The van der Waals surface area contributed by atoms with Crippen LogP contribution in [0.2, 0.25) is 0 Å². The summed E-state index contributed by atoms with van der Waals surface area (Å²) in [6, 6.07) is 6.59. The van der Waals surface area contributed by atoms with Gasteiger partial charge in [0.1, 0.15) is 11.4 Å². The maximum Gasteiger partial charge on any atom is 0.130 e. The second-order valence-electron chi connectivity index (χ2n) is 7.98. The Bertz CT molecular complexity index is 673. The topological polar surface area (TPSA) is 29.5 Å². The zero-order valence-corrected chi connectivity index (χ0v) is 14.1. The zero-order chi connectivity index (χ0) is 16.2. The molecule has 0 aliphatic heterocycles. The van der Waals surface area contributed by atoms with Gasteiger partial charge in [-0.2, -0.15) is 0 Å². The number of ether oxygens (including phenoxy) is 1. The first-order chi connectivity index (χ1) is 11.0. The van der Waals surface area contributed by atoms with Crippen molar-refractivity contribution in [2.45, 2.75) is 57.0 Å². The van der Waals surface area contributed by atoms with Crippen molar-refractivity contribution in [2.24, 2.45) is 17.3 Å². The maximum absolute atomic E-state index is 11.0. The highest BCUT2D eigenvalue weighted by Gasteiger charge is 2.61. The summed E-state index contributed by atoms with van der Waals surface area (Å²) in [5, 5.41) is 11.0. The molecule has 23 heavy (non-hydrogen) atoms. The molecule has 4 rings (SSSR count). The summed E-state index contributed by atoms with van der Waals surface area (Å²) >= 11 is 0. The molecule has 3 aliphatic carbocycles. The number of methoxy groups -OCH3 is 1. The van der Waals surface area contributed by atoms with E-state index in [2.05, 4.69) is 31.0 Å². The van der Waals surface area contributed by atoms with Gasteiger partial charge >= 0.3 is 0 Å². The average Bonchev–Trinajstić information content (AvgIpc) is 2.86. The Morgan fingerprint density at radius 1 is 1.26 bits per heavy atom. The quantitative estimate of drug-likeness (QED) is 0.797. The fourth-order valence-electron chi connectivity index (χ4n) is 5.94. The number of terminal acetylenes is 1. The first-order valence-electron chi connectivity index (χ1n) is 8.89. The van der Waals surface area contributed by atoms with E-state index in [4.69, 9.17) is 11.2 Å². The van der Waals surface area contributed by atoms with Crippen molar-refractivity contribution in [1.29, 1.82) is 0 Å². The minimum atomic E-state index is -0.900. The Labute approximate surface area is 139 Å². The summed E-state index contributed by atoms with van der Waals surface area (Å²) in [7, 11) is 1.73. The zero-order valence-electron chi connectivity index (χ0n) is 14.1. The van der Waals surface area contributed by atoms with E-state index in [1.807, 2.05) is 0 Å². The molecule has 5 atom stereocenters. The Hall–Kier alpha value is -1.46. The molecule has 1 N–H and O–H groups in total. The van der Waals surface area contributed by atoms with Crippen LogP contribution in [-0.2, 0) is 6.42 Å². The standard InChI is InChI=1S/C21H26O2/c1-4-21(22)12-10-19-18-7-5-14-13-15(23-3)6-8-16(14)17(18)9-11-20(19,21)2/h1,6,8,13,17-19,22H,5,7,9-12H2,2-3H3/t17-,18-,19-,20+,21+/m1/s1. The summed E-state index contributed by atoms with van der Waals surface area (Å²) in [5.74, 6) is 5.56. The Morgan fingerprint density at radius 2 is 2.09 bits per heavy atom. The molecule has 0 bridgehead atoms. The fourth-order valence-corrected chi connectivity index (χ4v) is 5.94. The lowest BCUT2D eigenvalue weighted by atomic mass is 9.53. The SMILES string of the molecule is C#C[C@]1(O)CC[C@@H]2[C@@H]3CCc4cc(OC)ccc4[C@H]3CC[C@@]21C. The van der Waals surface area contributed by atoms with E-state index < -0.39 is 5.60 Å². The highest BCUT2D eigenvalue weighted by molar-refractivity contribution is 5.41. The predicted octanol–water partition coefficient (Wildman–Crippen LogP) is 3.92. The second-order valence-corrected chi connectivity index (χ2v) is 7.98. The van der Waals surface area contributed by atoms with Crippen LogP contribution < -0.4 is 4.74 Å². The van der Waals surface area contributed by atoms with E-state index in [1.165, 1.54) is 17.5 Å². The lowest BCUT2D eigenvalue weighted by molar-refractivity contribution is -0.0646. The van der Waals surface area contributed by atoms with Gasteiger partial charge in [-0.25, -0.2) is 0 Å². The Balaban J connectivity index is 1.70. The Kier molecular flexibility index (Phi) is 3.29. The van der Waals surface area contributed by atoms with Gasteiger partial charge in [-0.3, -0.25) is 0 Å². The molecule has 0 spiro atoms. The summed E-state index contributed by atoms with van der Waals surface area (Å²) in [5.41, 5.74) is 1.97. The highest BCUT2D eigenvalue weighted by atomic mass is 16.5. The molecule has 0 saturated heterocycles. The van der Waals surface area contributed by atoms with Crippen LogP contribution in [-0.4, -0.2) is 17.8 Å². The van der Waals surface area contributed by atoms with E-state index in [0.29, 0.717) is 17.8 Å². The number of aryl methyl sites for hydroxylation is 1. The molecular formula is C21H26O2. The number of hydrogen-bond donors (Lipinski definition) is 1. The van der Waals surface area contributed by atoms with Crippen LogP contribution in [0.5, 0.6) is 5.75 Å². The van der Waals surface area contributed by atoms with Crippen LogP contribution >= 0.6 is 0 Å². The predicted molar refractivity (Wildman–Crippen MR) is 91.4 cm³/mol. The maximum atomic E-state index is 11.0. The molecule has 2 nitrogen and oxygen atoms in total. The lowest BCUT2D eigenvalue weighted by Gasteiger charge is -2.52. The van der Waals surface area contributed by atoms with Crippen LogP contribution in [0.1, 0.15) is 56.1 Å². The summed E-state index contributed by atoms with van der Waals surface area (Å²) < 4.78 is 5.39. The first-order valence-corrected chi connectivity index (χ1v) is 8.89. The molecule has 0 unspecified atom stereocenters. The first kappa shape index (κ1) is 15.1. The molecule has 1 aromatic rings. The van der Waals surface area contributed by atoms with Crippen molar-refractivity contribution < 1.29 is 9.84 Å². The van der Waals surface area contributed by atoms with Crippen molar-refractivity contribution in [3.05, 3.63) is 29.3 Å². The minimum absolute atomic E-state index is 0.104. The summed E-state index contributed by atoms with van der Waals surface area (Å²) in [4.78, 5) is 0. The average molecular weight is 310 g/mol. The van der Waals surface area contributed by atoms with E-state index in [-0.39, 0.29) is 5.41 Å². The fraction of sp³-hybridized carbons (Fsp3) is 0.619. The third-order valence-electron chi connectivity index (χ3n) is 7.32. The van der Waals surface area contributed by atoms with E-state index in [9.17, 15) is 5.11 Å². The van der Waals surface area contributed by atoms with E-state index in [0.717, 1.165) is 37.9 Å². The largest absolute Gasteiger partial charge is 0.497 e. The van der Waals surface area contributed by atoms with Gasteiger partial charge in [0, 0.05) is 5.41 Å². The van der Waals surface area contributed by atoms with E-state index >= 15 is 0 Å². The molecular weight excluding hydrogens is 284 g/mol. The summed E-state index contributed by atoms with van der Waals surface area (Å²) in [6.45, 7) is 2.24. The molecule has 0 aromatic heterocycles. The van der Waals surface area contributed by atoms with Crippen molar-refractivity contribution in [1.82, 2.24) is 0 Å². The van der Waals surface area contributed by atoms with Crippen molar-refractivity contribution >= 4 is 0 Å². The molecule has 2 heteroatoms. The number of benzene rings is 1. The third kappa shape index (κ3) is 1.93. The number of hydrogen-bond acceptors (Lipinski definition) is 2. The van der Waals surface area contributed by atoms with Gasteiger partial charge in [-0.1, -0.05) is 18.9 Å². The number of fused-ring (bicyclic) bond motifs is 5. The van der Waals surface area contributed by atoms with Crippen molar-refractivity contribution in [3.8, 4) is 18.1 Å². The van der Waals surface area contributed by atoms with Crippen LogP contribution in [0.25, 0.3) is 0 Å². The van der Waals surface area contributed by atoms with Gasteiger partial charge in [-0.05, 0) is 79.5 Å². The number of aliphatic hydroxyl groups is 1. The molecule has 0 amide bonds. The molecule has 3 aliphatic rings. The van der Waals surface area contributed by atoms with Crippen LogP contribution in [0.15, 0.2) is 18.2 Å². The van der Waals surface area contributed by atoms with Gasteiger partial charge in [0.25, 0.3) is 0 Å². The van der Waals surface area contributed by atoms with Gasteiger partial charge in [-0.15, -0.1) is 6.42 Å². The monoisotopic (exact) mass is 310 g/mol. The van der Waals surface area contributed by atoms with Gasteiger partial charge in [0.2, 0.25) is 0 Å². The van der Waals surface area contributed by atoms with Gasteiger partial charge in [0.15, 0.2) is 0 Å². The van der Waals surface area contributed by atoms with Gasteiger partial charge < -0.3 is 9.84 Å². The Morgan fingerprint density at radius 3 is 2.83 bits per heavy atom. The molecule has 1 aromatic carbocycles. The molecule has 2 saturated carbocycles. The second kappa shape index (κ2) is 5.02. The van der Waals surface area contributed by atoms with Crippen molar-refractivity contribution in [2.75, 3.05) is 7.11 Å². The van der Waals surface area contributed by atoms with Crippen LogP contribution in [0.4, 0.5) is 0 Å². The molecule has 0 radical (unpaired) electrons. The third-order valence-corrected chi connectivity index (χ3v) is 7.32. The van der Waals surface area contributed by atoms with Gasteiger partial charge in [0.05, 0.1) is 7.11 Å². The molecule has 0 heterocycles. The van der Waals surface area contributed by atoms with Crippen LogP contribution in [0, 0.1) is 29.6 Å². The normalized spacial score (nSPS) is 41.4. The van der Waals surface area contributed by atoms with E-state index in [1.54, 1.807) is 7.11 Å². The lowest BCUT2D eigenvalue weighted by Crippen LogP contribution is -2.50.